The molecule has 2 amide bonds. The van der Waals surface area contributed by atoms with Crippen LogP contribution in [0.2, 0.25) is 0 Å². The van der Waals surface area contributed by atoms with Gasteiger partial charge in [0.15, 0.2) is 0 Å². The van der Waals surface area contributed by atoms with Gasteiger partial charge in [0.1, 0.15) is 6.04 Å². The number of esters is 1. The number of nitrogens with two attached hydrogens (primary N) is 1. The summed E-state index contributed by atoms with van der Waals surface area (Å²) in [5.74, 6) is -2.09. The highest BCUT2D eigenvalue weighted by molar-refractivity contribution is 5.92. The molecular formula is C20H22N2O4. The largest absolute Gasteiger partial charge is 0.469 e. The van der Waals surface area contributed by atoms with Crippen molar-refractivity contribution in [3.63, 3.8) is 0 Å². The fourth-order valence-corrected chi connectivity index (χ4v) is 2.69. The van der Waals surface area contributed by atoms with E-state index in [4.69, 9.17) is 5.73 Å². The number of amides is 2. The van der Waals surface area contributed by atoms with Crippen LogP contribution in [0.15, 0.2) is 60.7 Å². The Bertz CT molecular complexity index is 707. The minimum absolute atomic E-state index is 0.00821. The number of nitrogens with one attached hydrogen (secondary N) is 1. The first-order valence-corrected chi connectivity index (χ1v) is 8.29. The predicted octanol–water partition coefficient (Wildman–Crippen LogP) is 1.74. The van der Waals surface area contributed by atoms with E-state index in [0.29, 0.717) is 0 Å². The van der Waals surface area contributed by atoms with E-state index in [1.807, 2.05) is 60.7 Å². The second-order valence-electron chi connectivity index (χ2n) is 5.83. The third kappa shape index (κ3) is 5.17. The molecule has 0 radical (unpaired) electrons. The van der Waals surface area contributed by atoms with Crippen molar-refractivity contribution in [1.82, 2.24) is 5.32 Å². The summed E-state index contributed by atoms with van der Waals surface area (Å²) < 4.78 is 4.57. The van der Waals surface area contributed by atoms with Crippen LogP contribution in [0.4, 0.5) is 0 Å². The molecule has 0 bridgehead atoms. The average Bonchev–Trinajstić information content (AvgIpc) is 2.66. The van der Waals surface area contributed by atoms with E-state index in [1.54, 1.807) is 0 Å². The van der Waals surface area contributed by atoms with Crippen LogP contribution in [0.25, 0.3) is 0 Å². The molecule has 0 spiro atoms. The number of carbonyl (C=O) groups is 3. The highest BCUT2D eigenvalue weighted by Gasteiger charge is 2.27. The van der Waals surface area contributed by atoms with E-state index in [2.05, 4.69) is 10.1 Å². The van der Waals surface area contributed by atoms with Crippen LogP contribution in [-0.2, 0) is 19.1 Å². The average molecular weight is 354 g/mol. The monoisotopic (exact) mass is 354 g/mol. The Morgan fingerprint density at radius 1 is 0.962 bits per heavy atom. The Balaban J connectivity index is 2.23. The summed E-state index contributed by atoms with van der Waals surface area (Å²) >= 11 is 0. The molecule has 0 heterocycles. The number of carbonyl (C=O) groups excluding carboxylic acids is 3. The van der Waals surface area contributed by atoms with Crippen molar-refractivity contribution in [2.45, 2.75) is 24.8 Å². The second kappa shape index (κ2) is 9.36. The summed E-state index contributed by atoms with van der Waals surface area (Å²) in [7, 11) is 1.26. The molecule has 0 aromatic heterocycles. The molecule has 136 valence electrons. The van der Waals surface area contributed by atoms with Gasteiger partial charge in [-0.2, -0.15) is 0 Å². The number of ether oxygens (including phenoxy) is 1. The molecule has 2 aromatic rings. The highest BCUT2D eigenvalue weighted by atomic mass is 16.5. The molecule has 0 saturated carbocycles. The van der Waals surface area contributed by atoms with Crippen molar-refractivity contribution < 1.29 is 19.1 Å². The molecule has 0 aliphatic rings. The molecule has 2 rings (SSSR count). The van der Waals surface area contributed by atoms with Gasteiger partial charge in [-0.05, 0) is 17.5 Å². The minimum atomic E-state index is -0.948. The Kier molecular flexibility index (Phi) is 6.91. The molecule has 0 aliphatic carbocycles. The van der Waals surface area contributed by atoms with E-state index >= 15 is 0 Å². The second-order valence-corrected chi connectivity index (χ2v) is 5.83. The topological polar surface area (TPSA) is 98.5 Å². The van der Waals surface area contributed by atoms with Gasteiger partial charge in [-0.25, -0.2) is 0 Å². The molecule has 0 fully saturated rings. The number of hydrogen-bond acceptors (Lipinski definition) is 4. The highest BCUT2D eigenvalue weighted by Crippen LogP contribution is 2.25. The van der Waals surface area contributed by atoms with Gasteiger partial charge in [0.05, 0.1) is 13.0 Å². The molecule has 26 heavy (non-hydrogen) atoms. The van der Waals surface area contributed by atoms with Gasteiger partial charge in [0, 0.05) is 6.42 Å². The molecule has 3 N–H and O–H groups in total. The van der Waals surface area contributed by atoms with Crippen LogP contribution < -0.4 is 11.1 Å². The van der Waals surface area contributed by atoms with Gasteiger partial charge in [-0.15, -0.1) is 0 Å². The molecule has 0 saturated heterocycles. The summed E-state index contributed by atoms with van der Waals surface area (Å²) in [5.41, 5.74) is 6.98. The maximum Gasteiger partial charge on any atom is 0.305 e. The number of hydrogen-bond donors (Lipinski definition) is 2. The quantitative estimate of drug-likeness (QED) is 0.706. The maximum absolute atomic E-state index is 12.9. The fourth-order valence-electron chi connectivity index (χ4n) is 2.69. The third-order valence-electron chi connectivity index (χ3n) is 4.05. The molecular weight excluding hydrogens is 332 g/mol. The lowest BCUT2D eigenvalue weighted by atomic mass is 9.90. The minimum Gasteiger partial charge on any atom is -0.469 e. The number of benzene rings is 2. The van der Waals surface area contributed by atoms with Crippen molar-refractivity contribution in [3.05, 3.63) is 71.8 Å². The first-order valence-electron chi connectivity index (χ1n) is 8.29. The van der Waals surface area contributed by atoms with E-state index < -0.39 is 23.8 Å². The zero-order valence-corrected chi connectivity index (χ0v) is 14.6. The Labute approximate surface area is 152 Å². The number of primary amides is 1. The maximum atomic E-state index is 12.9. The lowest BCUT2D eigenvalue weighted by molar-refractivity contribution is -0.141. The van der Waals surface area contributed by atoms with Gasteiger partial charge in [-0.3, -0.25) is 14.4 Å². The Hall–Kier alpha value is -3.15. The lowest BCUT2D eigenvalue weighted by Crippen LogP contribution is -2.46. The Morgan fingerprint density at radius 3 is 1.88 bits per heavy atom. The molecule has 6 heteroatoms. The lowest BCUT2D eigenvalue weighted by Gasteiger charge is -2.21. The van der Waals surface area contributed by atoms with Crippen molar-refractivity contribution in [2.75, 3.05) is 7.11 Å². The normalized spacial score (nSPS) is 11.6. The van der Waals surface area contributed by atoms with Crippen molar-refractivity contribution in [3.8, 4) is 0 Å². The van der Waals surface area contributed by atoms with Crippen LogP contribution in [0, 0.1) is 0 Å². The molecule has 1 atom stereocenters. The third-order valence-corrected chi connectivity index (χ3v) is 4.05. The smallest absolute Gasteiger partial charge is 0.305 e. The SMILES string of the molecule is COC(=O)CC[C@H](NC(=O)C(c1ccccc1)c1ccccc1)C(N)=O. The standard InChI is InChI=1S/C20H22N2O4/c1-26-17(23)13-12-16(19(21)24)22-20(25)18(14-8-4-2-5-9-14)15-10-6-3-7-11-15/h2-11,16,18H,12-13H2,1H3,(H2,21,24)(H,22,25)/t16-/m0/s1. The fraction of sp³-hybridized carbons (Fsp3) is 0.250. The van der Waals surface area contributed by atoms with Gasteiger partial charge >= 0.3 is 5.97 Å². The zero-order chi connectivity index (χ0) is 18.9. The van der Waals surface area contributed by atoms with E-state index in [-0.39, 0.29) is 18.7 Å². The number of rotatable bonds is 8. The van der Waals surface area contributed by atoms with Gasteiger partial charge < -0.3 is 15.8 Å². The number of methoxy groups -OCH3 is 1. The summed E-state index contributed by atoms with van der Waals surface area (Å²) in [6, 6.07) is 17.6. The van der Waals surface area contributed by atoms with Crippen LogP contribution in [-0.4, -0.2) is 30.9 Å². The van der Waals surface area contributed by atoms with Gasteiger partial charge in [0.25, 0.3) is 0 Å². The van der Waals surface area contributed by atoms with Gasteiger partial charge in [0.2, 0.25) is 11.8 Å². The zero-order valence-electron chi connectivity index (χ0n) is 14.6. The van der Waals surface area contributed by atoms with Crippen LogP contribution in [0.1, 0.15) is 29.9 Å². The summed E-state index contributed by atoms with van der Waals surface area (Å²) in [6.45, 7) is 0. The van der Waals surface area contributed by atoms with E-state index in [9.17, 15) is 14.4 Å². The van der Waals surface area contributed by atoms with Crippen LogP contribution in [0.3, 0.4) is 0 Å². The summed E-state index contributed by atoms with van der Waals surface area (Å²) in [6.07, 6.45) is 0.0791. The molecule has 2 aromatic carbocycles. The van der Waals surface area contributed by atoms with Crippen molar-refractivity contribution in [1.29, 1.82) is 0 Å². The molecule has 6 nitrogen and oxygen atoms in total. The van der Waals surface area contributed by atoms with E-state index in [1.165, 1.54) is 7.11 Å². The summed E-state index contributed by atoms with van der Waals surface area (Å²) in [5, 5.41) is 2.67. The van der Waals surface area contributed by atoms with E-state index in [0.717, 1.165) is 11.1 Å². The first-order chi connectivity index (χ1) is 12.5. The summed E-state index contributed by atoms with van der Waals surface area (Å²) in [4.78, 5) is 35.9. The van der Waals surface area contributed by atoms with Crippen LogP contribution in [0.5, 0.6) is 0 Å². The molecule has 0 unspecified atom stereocenters. The van der Waals surface area contributed by atoms with Crippen LogP contribution >= 0.6 is 0 Å². The van der Waals surface area contributed by atoms with Crippen molar-refractivity contribution >= 4 is 17.8 Å². The first kappa shape index (κ1) is 19.2. The van der Waals surface area contributed by atoms with Gasteiger partial charge in [-0.1, -0.05) is 60.7 Å². The molecule has 0 aliphatic heterocycles. The Morgan fingerprint density at radius 2 is 1.46 bits per heavy atom. The van der Waals surface area contributed by atoms with Crippen molar-refractivity contribution in [2.24, 2.45) is 5.73 Å². The predicted molar refractivity (Wildman–Crippen MR) is 97.1 cm³/mol.